The maximum atomic E-state index is 13.3. The first kappa shape index (κ1) is 15.4. The Morgan fingerprint density at radius 2 is 2.00 bits per heavy atom. The molecule has 0 amide bonds. The van der Waals surface area contributed by atoms with Gasteiger partial charge in [0, 0.05) is 6.54 Å². The number of hydrogen-bond donors (Lipinski definition) is 1. The van der Waals surface area contributed by atoms with Crippen LogP contribution in [0.15, 0.2) is 17.0 Å². The van der Waals surface area contributed by atoms with Gasteiger partial charge in [-0.3, -0.25) is 0 Å². The van der Waals surface area contributed by atoms with Crippen LogP contribution in [0.2, 0.25) is 0 Å². The lowest BCUT2D eigenvalue weighted by atomic mass is 10.1. The molecule has 0 spiro atoms. The van der Waals surface area contributed by atoms with Crippen LogP contribution in [0.3, 0.4) is 0 Å². The number of rotatable bonds is 3. The molecule has 0 saturated carbocycles. The van der Waals surface area contributed by atoms with E-state index in [1.54, 1.807) is 13.8 Å². The van der Waals surface area contributed by atoms with Crippen LogP contribution in [0.5, 0.6) is 0 Å². The number of sulfonamides is 1. The van der Waals surface area contributed by atoms with Gasteiger partial charge in [-0.25, -0.2) is 12.8 Å². The van der Waals surface area contributed by atoms with E-state index in [0.717, 1.165) is 0 Å². The molecule has 7 heteroatoms. The van der Waals surface area contributed by atoms with Gasteiger partial charge in [0.2, 0.25) is 10.0 Å². The van der Waals surface area contributed by atoms with Crippen LogP contribution in [-0.4, -0.2) is 50.2 Å². The Labute approximate surface area is 118 Å². The molecular weight excluding hydrogens is 285 g/mol. The van der Waals surface area contributed by atoms with Gasteiger partial charge in [-0.1, -0.05) is 0 Å². The van der Waals surface area contributed by atoms with Crippen LogP contribution in [0.4, 0.5) is 4.39 Å². The second-order valence-corrected chi connectivity index (χ2v) is 6.72. The number of nitrogens with zero attached hydrogens (tertiary/aromatic N) is 1. The van der Waals surface area contributed by atoms with Crippen LogP contribution >= 0.6 is 0 Å². The average molecular weight is 303 g/mol. The normalized spacial score (nSPS) is 21.1. The zero-order chi connectivity index (χ0) is 14.9. The SMILES string of the molecule is Cc1cc(F)cc(C)c1S(=O)(=O)N1CCOCC1CO. The fourth-order valence-corrected chi connectivity index (χ4v) is 4.52. The molecule has 1 aromatic carbocycles. The van der Waals surface area contributed by atoms with E-state index < -0.39 is 21.9 Å². The van der Waals surface area contributed by atoms with Gasteiger partial charge < -0.3 is 9.84 Å². The van der Waals surface area contributed by atoms with Crippen molar-refractivity contribution in [1.29, 1.82) is 0 Å². The molecule has 20 heavy (non-hydrogen) atoms. The number of morpholine rings is 1. The summed E-state index contributed by atoms with van der Waals surface area (Å²) in [5, 5.41) is 9.31. The van der Waals surface area contributed by atoms with Gasteiger partial charge in [0.15, 0.2) is 0 Å². The summed E-state index contributed by atoms with van der Waals surface area (Å²) in [5.41, 5.74) is 0.733. The van der Waals surface area contributed by atoms with E-state index in [1.165, 1.54) is 16.4 Å². The summed E-state index contributed by atoms with van der Waals surface area (Å²) in [5.74, 6) is -0.459. The Balaban J connectivity index is 2.49. The molecule has 0 aliphatic carbocycles. The van der Waals surface area contributed by atoms with E-state index in [-0.39, 0.29) is 31.3 Å². The Morgan fingerprint density at radius 3 is 2.55 bits per heavy atom. The molecule has 1 atom stereocenters. The number of aliphatic hydroxyl groups is 1. The van der Waals surface area contributed by atoms with Crippen molar-refractivity contribution in [2.75, 3.05) is 26.4 Å². The molecule has 0 aromatic heterocycles. The zero-order valence-corrected chi connectivity index (χ0v) is 12.3. The van der Waals surface area contributed by atoms with Crippen LogP contribution < -0.4 is 0 Å². The minimum Gasteiger partial charge on any atom is -0.395 e. The standard InChI is InChI=1S/C13H18FNO4S/c1-9-5-11(14)6-10(2)13(9)20(17,18)15-3-4-19-8-12(15)7-16/h5-6,12,16H,3-4,7-8H2,1-2H3. The smallest absolute Gasteiger partial charge is 0.244 e. The molecule has 5 nitrogen and oxygen atoms in total. The summed E-state index contributed by atoms with van der Waals surface area (Å²) in [4.78, 5) is 0.110. The third-order valence-corrected chi connectivity index (χ3v) is 5.63. The average Bonchev–Trinajstić information content (AvgIpc) is 2.37. The molecule has 1 aromatic rings. The second kappa shape index (κ2) is 5.77. The number of ether oxygens (including phenoxy) is 1. The molecule has 2 rings (SSSR count). The Kier molecular flexibility index (Phi) is 4.43. The van der Waals surface area contributed by atoms with Crippen LogP contribution in [0, 0.1) is 19.7 Å². The molecule has 0 radical (unpaired) electrons. The third-order valence-electron chi connectivity index (χ3n) is 3.38. The predicted octanol–water partition coefficient (Wildman–Crippen LogP) is 0.824. The predicted molar refractivity (Wildman–Crippen MR) is 71.5 cm³/mol. The largest absolute Gasteiger partial charge is 0.395 e. The Morgan fingerprint density at radius 1 is 1.40 bits per heavy atom. The lowest BCUT2D eigenvalue weighted by molar-refractivity contribution is 0.0109. The maximum Gasteiger partial charge on any atom is 0.244 e. The van der Waals surface area contributed by atoms with E-state index in [2.05, 4.69) is 0 Å². The van der Waals surface area contributed by atoms with Crippen LogP contribution in [0.25, 0.3) is 0 Å². The number of halogens is 1. The van der Waals surface area contributed by atoms with Gasteiger partial charge in [-0.15, -0.1) is 0 Å². The second-order valence-electron chi connectivity index (χ2n) is 4.90. The van der Waals surface area contributed by atoms with E-state index in [9.17, 15) is 17.9 Å². The van der Waals surface area contributed by atoms with E-state index in [4.69, 9.17) is 4.74 Å². The van der Waals surface area contributed by atoms with Gasteiger partial charge >= 0.3 is 0 Å². The lowest BCUT2D eigenvalue weighted by Crippen LogP contribution is -2.50. The zero-order valence-electron chi connectivity index (χ0n) is 11.5. The van der Waals surface area contributed by atoms with E-state index >= 15 is 0 Å². The van der Waals surface area contributed by atoms with Crippen molar-refractivity contribution in [2.24, 2.45) is 0 Å². The molecule has 1 aliphatic rings. The highest BCUT2D eigenvalue weighted by molar-refractivity contribution is 7.89. The molecular formula is C13H18FNO4S. The fourth-order valence-electron chi connectivity index (χ4n) is 2.52. The summed E-state index contributed by atoms with van der Waals surface area (Å²) in [6, 6.07) is 1.81. The number of aliphatic hydroxyl groups excluding tert-OH is 1. The van der Waals surface area contributed by atoms with Crippen LogP contribution in [0.1, 0.15) is 11.1 Å². The summed E-state index contributed by atoms with van der Waals surface area (Å²) in [7, 11) is -3.77. The third kappa shape index (κ3) is 2.71. The monoisotopic (exact) mass is 303 g/mol. The Bertz CT molecular complexity index is 579. The molecule has 1 saturated heterocycles. The molecule has 1 aliphatic heterocycles. The van der Waals surface area contributed by atoms with Crippen molar-refractivity contribution >= 4 is 10.0 Å². The highest BCUT2D eigenvalue weighted by Crippen LogP contribution is 2.27. The minimum absolute atomic E-state index is 0.110. The highest BCUT2D eigenvalue weighted by Gasteiger charge is 2.35. The minimum atomic E-state index is -3.77. The summed E-state index contributed by atoms with van der Waals surface area (Å²) in [6.07, 6.45) is 0. The van der Waals surface area contributed by atoms with E-state index in [0.29, 0.717) is 11.1 Å². The summed E-state index contributed by atoms with van der Waals surface area (Å²) in [6.45, 7) is 3.46. The summed E-state index contributed by atoms with van der Waals surface area (Å²) >= 11 is 0. The Hall–Kier alpha value is -1.02. The van der Waals surface area contributed by atoms with Gasteiger partial charge in [-0.2, -0.15) is 4.31 Å². The molecule has 112 valence electrons. The summed E-state index contributed by atoms with van der Waals surface area (Å²) < 4.78 is 45.2. The maximum absolute atomic E-state index is 13.3. The molecule has 0 bridgehead atoms. The van der Waals surface area contributed by atoms with Crippen molar-refractivity contribution in [3.63, 3.8) is 0 Å². The first-order valence-electron chi connectivity index (χ1n) is 6.35. The van der Waals surface area contributed by atoms with E-state index in [1.807, 2.05) is 0 Å². The lowest BCUT2D eigenvalue weighted by Gasteiger charge is -2.34. The molecule has 1 heterocycles. The highest BCUT2D eigenvalue weighted by atomic mass is 32.2. The van der Waals surface area contributed by atoms with Crippen molar-refractivity contribution in [1.82, 2.24) is 4.31 Å². The molecule has 1 N–H and O–H groups in total. The van der Waals surface area contributed by atoms with Gasteiger partial charge in [0.1, 0.15) is 5.82 Å². The van der Waals surface area contributed by atoms with Crippen LogP contribution in [-0.2, 0) is 14.8 Å². The number of benzene rings is 1. The van der Waals surface area contributed by atoms with Crippen molar-refractivity contribution in [3.8, 4) is 0 Å². The van der Waals surface area contributed by atoms with Gasteiger partial charge in [0.05, 0.1) is 30.8 Å². The fraction of sp³-hybridized carbons (Fsp3) is 0.538. The first-order valence-corrected chi connectivity index (χ1v) is 7.79. The van der Waals surface area contributed by atoms with Gasteiger partial charge in [-0.05, 0) is 37.1 Å². The number of hydrogen-bond acceptors (Lipinski definition) is 4. The first-order chi connectivity index (χ1) is 9.37. The van der Waals surface area contributed by atoms with Crippen molar-refractivity contribution < 1.29 is 22.7 Å². The molecule has 1 fully saturated rings. The number of aryl methyl sites for hydroxylation is 2. The quantitative estimate of drug-likeness (QED) is 0.898. The topological polar surface area (TPSA) is 66.8 Å². The van der Waals surface area contributed by atoms with Crippen molar-refractivity contribution in [3.05, 3.63) is 29.1 Å². The van der Waals surface area contributed by atoms with Crippen molar-refractivity contribution in [2.45, 2.75) is 24.8 Å². The van der Waals surface area contributed by atoms with Gasteiger partial charge in [0.25, 0.3) is 0 Å². The molecule has 1 unspecified atom stereocenters.